The number of hydrogen-bond acceptors (Lipinski definition) is 5. The molecule has 2 aromatic carbocycles. The zero-order valence-corrected chi connectivity index (χ0v) is 14.3. The third-order valence-electron chi connectivity index (χ3n) is 4.58. The summed E-state index contributed by atoms with van der Waals surface area (Å²) in [5.74, 6) is 1.36. The standard InChI is InChI=1S/C20H21N5/c1-2-15-8-3-5-11-17(15)22-20-23-19(14-21-24-20)25-13-7-10-16-9-4-6-12-18(16)25/h3-6,8-9,11-12,14H,2,7,10,13H2,1H3,(H,22,23,24). The van der Waals surface area contributed by atoms with Crippen molar-refractivity contribution in [2.45, 2.75) is 26.2 Å². The number of nitrogens with one attached hydrogen (secondary N) is 1. The third-order valence-corrected chi connectivity index (χ3v) is 4.58. The topological polar surface area (TPSA) is 53.9 Å². The van der Waals surface area contributed by atoms with Crippen molar-refractivity contribution in [2.24, 2.45) is 0 Å². The van der Waals surface area contributed by atoms with Crippen molar-refractivity contribution in [1.29, 1.82) is 0 Å². The molecule has 1 N–H and O–H groups in total. The highest BCUT2D eigenvalue weighted by atomic mass is 15.3. The van der Waals surface area contributed by atoms with Crippen LogP contribution in [0.4, 0.5) is 23.1 Å². The van der Waals surface area contributed by atoms with Gasteiger partial charge in [0, 0.05) is 17.9 Å². The smallest absolute Gasteiger partial charge is 0.249 e. The molecule has 1 aliphatic heterocycles. The molecule has 2 heterocycles. The number of aromatic nitrogens is 3. The second-order valence-corrected chi connectivity index (χ2v) is 6.16. The van der Waals surface area contributed by atoms with E-state index in [0.29, 0.717) is 5.95 Å². The number of fused-ring (bicyclic) bond motifs is 1. The first-order valence-electron chi connectivity index (χ1n) is 8.75. The Bertz CT molecular complexity index is 877. The molecule has 0 fully saturated rings. The Morgan fingerprint density at radius 1 is 1.08 bits per heavy atom. The van der Waals surface area contributed by atoms with Gasteiger partial charge in [0.1, 0.15) is 0 Å². The SMILES string of the molecule is CCc1ccccc1Nc1nncc(N2CCCc3ccccc32)n1. The monoisotopic (exact) mass is 331 g/mol. The van der Waals surface area contributed by atoms with Crippen LogP contribution in [0.5, 0.6) is 0 Å². The van der Waals surface area contributed by atoms with Crippen LogP contribution in [0.3, 0.4) is 0 Å². The largest absolute Gasteiger partial charge is 0.325 e. The predicted molar refractivity (Wildman–Crippen MR) is 101 cm³/mol. The van der Waals surface area contributed by atoms with Gasteiger partial charge < -0.3 is 10.2 Å². The Kier molecular flexibility index (Phi) is 4.29. The number of hydrogen-bond donors (Lipinski definition) is 1. The second kappa shape index (κ2) is 6.89. The molecule has 0 atom stereocenters. The van der Waals surface area contributed by atoms with E-state index in [9.17, 15) is 0 Å². The molecular weight excluding hydrogens is 310 g/mol. The summed E-state index contributed by atoms with van der Waals surface area (Å²) in [6, 6.07) is 16.7. The van der Waals surface area contributed by atoms with Gasteiger partial charge >= 0.3 is 0 Å². The molecule has 1 aromatic heterocycles. The Hall–Kier alpha value is -2.95. The highest BCUT2D eigenvalue weighted by molar-refractivity contribution is 5.66. The average molecular weight is 331 g/mol. The molecule has 0 bridgehead atoms. The Labute approximate surface area is 147 Å². The van der Waals surface area contributed by atoms with Crippen molar-refractivity contribution in [1.82, 2.24) is 15.2 Å². The average Bonchev–Trinajstić information content (AvgIpc) is 2.68. The highest BCUT2D eigenvalue weighted by Crippen LogP contribution is 2.32. The molecular formula is C20H21N5. The van der Waals surface area contributed by atoms with Crippen molar-refractivity contribution in [3.63, 3.8) is 0 Å². The fraction of sp³-hybridized carbons (Fsp3) is 0.250. The summed E-state index contributed by atoms with van der Waals surface area (Å²) >= 11 is 0. The molecule has 5 nitrogen and oxygen atoms in total. The second-order valence-electron chi connectivity index (χ2n) is 6.16. The minimum Gasteiger partial charge on any atom is -0.325 e. The molecule has 0 spiro atoms. The maximum absolute atomic E-state index is 4.71. The van der Waals surface area contributed by atoms with E-state index in [2.05, 4.69) is 57.7 Å². The van der Waals surface area contributed by atoms with Crippen LogP contribution in [0, 0.1) is 0 Å². The van der Waals surface area contributed by atoms with Crippen molar-refractivity contribution in [3.05, 3.63) is 65.9 Å². The van der Waals surface area contributed by atoms with Crippen LogP contribution in [0.2, 0.25) is 0 Å². The zero-order chi connectivity index (χ0) is 17.1. The Morgan fingerprint density at radius 3 is 2.84 bits per heavy atom. The van der Waals surface area contributed by atoms with Crippen molar-refractivity contribution in [2.75, 3.05) is 16.8 Å². The zero-order valence-electron chi connectivity index (χ0n) is 14.3. The van der Waals surface area contributed by atoms with Crippen LogP contribution >= 0.6 is 0 Å². The molecule has 0 unspecified atom stereocenters. The lowest BCUT2D eigenvalue weighted by Gasteiger charge is -2.30. The number of rotatable bonds is 4. The van der Waals surface area contributed by atoms with Gasteiger partial charge in [0.2, 0.25) is 5.95 Å². The molecule has 0 aliphatic carbocycles. The van der Waals surface area contributed by atoms with Gasteiger partial charge in [-0.25, -0.2) is 0 Å². The molecule has 4 rings (SSSR count). The van der Waals surface area contributed by atoms with Gasteiger partial charge in [-0.05, 0) is 42.5 Å². The van der Waals surface area contributed by atoms with E-state index in [1.807, 2.05) is 18.2 Å². The van der Waals surface area contributed by atoms with Gasteiger partial charge in [-0.1, -0.05) is 43.3 Å². The first kappa shape index (κ1) is 15.6. The van der Waals surface area contributed by atoms with Crippen molar-refractivity contribution >= 4 is 23.1 Å². The lowest BCUT2D eigenvalue weighted by molar-refractivity contribution is 0.754. The number of benzene rings is 2. The van der Waals surface area contributed by atoms with E-state index in [1.54, 1.807) is 6.20 Å². The summed E-state index contributed by atoms with van der Waals surface area (Å²) in [6.45, 7) is 3.08. The van der Waals surface area contributed by atoms with Crippen LogP contribution in [0.1, 0.15) is 24.5 Å². The summed E-state index contributed by atoms with van der Waals surface area (Å²) in [5, 5.41) is 11.6. The number of nitrogens with zero attached hydrogens (tertiary/aromatic N) is 4. The van der Waals surface area contributed by atoms with Gasteiger partial charge in [-0.3, -0.25) is 0 Å². The lowest BCUT2D eigenvalue weighted by Crippen LogP contribution is -2.25. The molecule has 5 heteroatoms. The summed E-state index contributed by atoms with van der Waals surface area (Å²) < 4.78 is 0. The summed E-state index contributed by atoms with van der Waals surface area (Å²) in [5.41, 5.74) is 4.84. The lowest BCUT2D eigenvalue weighted by atomic mass is 10.0. The minimum absolute atomic E-state index is 0.529. The fourth-order valence-electron chi connectivity index (χ4n) is 3.32. The van der Waals surface area contributed by atoms with Crippen molar-refractivity contribution in [3.8, 4) is 0 Å². The van der Waals surface area contributed by atoms with E-state index in [4.69, 9.17) is 4.98 Å². The molecule has 126 valence electrons. The molecule has 1 aliphatic rings. The first-order valence-corrected chi connectivity index (χ1v) is 8.75. The maximum Gasteiger partial charge on any atom is 0.249 e. The highest BCUT2D eigenvalue weighted by Gasteiger charge is 2.19. The van der Waals surface area contributed by atoms with E-state index in [0.717, 1.165) is 37.3 Å². The summed E-state index contributed by atoms with van der Waals surface area (Å²) in [6.07, 6.45) is 4.91. The van der Waals surface area contributed by atoms with E-state index < -0.39 is 0 Å². The van der Waals surface area contributed by atoms with Crippen molar-refractivity contribution < 1.29 is 0 Å². The van der Waals surface area contributed by atoms with E-state index in [1.165, 1.54) is 16.8 Å². The van der Waals surface area contributed by atoms with E-state index in [-0.39, 0.29) is 0 Å². The first-order chi connectivity index (χ1) is 12.3. The van der Waals surface area contributed by atoms with Gasteiger partial charge in [-0.15, -0.1) is 5.10 Å². The van der Waals surface area contributed by atoms with Gasteiger partial charge in [0.15, 0.2) is 5.82 Å². The molecule has 0 amide bonds. The van der Waals surface area contributed by atoms with Crippen LogP contribution in [0.15, 0.2) is 54.7 Å². The van der Waals surface area contributed by atoms with Crippen LogP contribution in [-0.4, -0.2) is 21.7 Å². The van der Waals surface area contributed by atoms with Gasteiger partial charge in [0.25, 0.3) is 0 Å². The molecule has 0 radical (unpaired) electrons. The van der Waals surface area contributed by atoms with E-state index >= 15 is 0 Å². The fourth-order valence-corrected chi connectivity index (χ4v) is 3.32. The van der Waals surface area contributed by atoms with Crippen LogP contribution in [-0.2, 0) is 12.8 Å². The quantitative estimate of drug-likeness (QED) is 0.774. The molecule has 3 aromatic rings. The Morgan fingerprint density at radius 2 is 1.92 bits per heavy atom. The summed E-state index contributed by atoms with van der Waals surface area (Å²) in [7, 11) is 0. The Balaban J connectivity index is 1.65. The van der Waals surface area contributed by atoms with Crippen LogP contribution < -0.4 is 10.2 Å². The third kappa shape index (κ3) is 3.18. The molecule has 0 saturated carbocycles. The van der Waals surface area contributed by atoms with Gasteiger partial charge in [-0.2, -0.15) is 10.1 Å². The number of anilines is 4. The maximum atomic E-state index is 4.71. The molecule has 25 heavy (non-hydrogen) atoms. The summed E-state index contributed by atoms with van der Waals surface area (Å²) in [4.78, 5) is 6.93. The predicted octanol–water partition coefficient (Wildman–Crippen LogP) is 4.26. The minimum atomic E-state index is 0.529. The number of para-hydroxylation sites is 2. The number of aryl methyl sites for hydroxylation is 2. The molecule has 0 saturated heterocycles. The van der Waals surface area contributed by atoms with Crippen LogP contribution in [0.25, 0.3) is 0 Å². The normalized spacial score (nSPS) is 13.4. The van der Waals surface area contributed by atoms with Gasteiger partial charge in [0.05, 0.1) is 6.20 Å².